The second-order valence-corrected chi connectivity index (χ2v) is 13.5. The molecule has 0 aliphatic heterocycles. The van der Waals surface area contributed by atoms with Gasteiger partial charge in [0, 0.05) is 12.8 Å². The lowest BCUT2D eigenvalue weighted by Crippen LogP contribution is -2.28. The maximum Gasteiger partial charge on any atom is 0.306 e. The van der Waals surface area contributed by atoms with E-state index in [9.17, 15) is 19.8 Å². The Morgan fingerprint density at radius 3 is 1.61 bits per heavy atom. The van der Waals surface area contributed by atoms with Crippen LogP contribution in [0, 0.1) is 0 Å². The van der Waals surface area contributed by atoms with Crippen molar-refractivity contribution in [2.24, 2.45) is 0 Å². The van der Waals surface area contributed by atoms with Crippen LogP contribution in [0.1, 0.15) is 174 Å². The van der Waals surface area contributed by atoms with Crippen molar-refractivity contribution in [3.63, 3.8) is 0 Å². The minimum Gasteiger partial charge on any atom is -0.462 e. The summed E-state index contributed by atoms with van der Waals surface area (Å²) < 4.78 is 10.5. The van der Waals surface area contributed by atoms with Crippen LogP contribution in [0.5, 0.6) is 0 Å². The molecular weight excluding hydrogens is 636 g/mol. The van der Waals surface area contributed by atoms with Gasteiger partial charge < -0.3 is 19.7 Å². The molecule has 51 heavy (non-hydrogen) atoms. The number of allylic oxidation sites excluding steroid dienone is 10. The largest absolute Gasteiger partial charge is 0.462 e. The Labute approximate surface area is 313 Å². The number of carbonyl (C=O) groups is 2. The number of aliphatic hydroxyl groups is 2. The third-order valence-corrected chi connectivity index (χ3v) is 8.61. The lowest BCUT2D eigenvalue weighted by molar-refractivity contribution is -0.161. The molecule has 0 amide bonds. The van der Waals surface area contributed by atoms with Crippen molar-refractivity contribution in [3.05, 3.63) is 72.9 Å². The molecular formula is C45H76O6. The Morgan fingerprint density at radius 1 is 0.569 bits per heavy atom. The van der Waals surface area contributed by atoms with Gasteiger partial charge in [-0.1, -0.05) is 189 Å². The van der Waals surface area contributed by atoms with Gasteiger partial charge in [0.1, 0.15) is 6.61 Å². The summed E-state index contributed by atoms with van der Waals surface area (Å²) in [6.45, 7) is 3.87. The van der Waals surface area contributed by atoms with Gasteiger partial charge in [0.2, 0.25) is 0 Å². The molecule has 6 nitrogen and oxygen atoms in total. The van der Waals surface area contributed by atoms with Gasteiger partial charge in [-0.25, -0.2) is 0 Å². The number of esters is 2. The zero-order chi connectivity index (χ0) is 37.3. The molecule has 1 unspecified atom stereocenters. The van der Waals surface area contributed by atoms with Gasteiger partial charge in [0.15, 0.2) is 6.10 Å². The molecule has 0 aliphatic carbocycles. The topological polar surface area (TPSA) is 93.1 Å². The molecule has 0 saturated carbocycles. The third kappa shape index (κ3) is 38.4. The number of aliphatic hydroxyl groups excluding tert-OH is 2. The fraction of sp³-hybridized carbons (Fsp3) is 0.689. The van der Waals surface area contributed by atoms with Crippen LogP contribution in [0.3, 0.4) is 0 Å². The van der Waals surface area contributed by atoms with Crippen molar-refractivity contribution in [2.45, 2.75) is 187 Å². The van der Waals surface area contributed by atoms with E-state index in [2.05, 4.69) is 50.3 Å². The van der Waals surface area contributed by atoms with Gasteiger partial charge in [-0.05, 0) is 44.9 Å². The number of rotatable bonds is 36. The Kier molecular flexibility index (Phi) is 38.0. The molecule has 0 bridgehead atoms. The van der Waals surface area contributed by atoms with Crippen molar-refractivity contribution in [1.82, 2.24) is 0 Å². The van der Waals surface area contributed by atoms with E-state index in [1.54, 1.807) is 6.08 Å². The molecule has 2 N–H and O–H groups in total. The zero-order valence-corrected chi connectivity index (χ0v) is 32.7. The van der Waals surface area contributed by atoms with Crippen LogP contribution in [0.4, 0.5) is 0 Å². The highest BCUT2D eigenvalue weighted by molar-refractivity contribution is 5.70. The van der Waals surface area contributed by atoms with Crippen molar-refractivity contribution < 1.29 is 29.3 Å². The van der Waals surface area contributed by atoms with E-state index in [1.807, 2.05) is 30.4 Å². The SMILES string of the molecule is CC/C=C\CC(O)/C=C/C=C/C/C=C\C/C=C\C/C=C\CCC(=O)O[C@@H](CO)COC(=O)CCCCCCCCCCCCCCCCCCC. The predicted molar refractivity (Wildman–Crippen MR) is 216 cm³/mol. The van der Waals surface area contributed by atoms with E-state index in [1.165, 1.54) is 89.9 Å². The van der Waals surface area contributed by atoms with E-state index in [0.29, 0.717) is 19.3 Å². The summed E-state index contributed by atoms with van der Waals surface area (Å²) >= 11 is 0. The first-order chi connectivity index (χ1) is 25.0. The lowest BCUT2D eigenvalue weighted by Gasteiger charge is -2.15. The van der Waals surface area contributed by atoms with Gasteiger partial charge in [-0.2, -0.15) is 0 Å². The molecule has 0 heterocycles. The summed E-state index contributed by atoms with van der Waals surface area (Å²) in [6.07, 6.45) is 50.2. The summed E-state index contributed by atoms with van der Waals surface area (Å²) in [5.41, 5.74) is 0. The maximum atomic E-state index is 12.1. The number of carbonyl (C=O) groups excluding carboxylic acids is 2. The van der Waals surface area contributed by atoms with Crippen LogP contribution in [-0.2, 0) is 19.1 Å². The lowest BCUT2D eigenvalue weighted by atomic mass is 10.0. The van der Waals surface area contributed by atoms with Crippen LogP contribution in [0.25, 0.3) is 0 Å². The van der Waals surface area contributed by atoms with Gasteiger partial charge in [0.05, 0.1) is 12.7 Å². The highest BCUT2D eigenvalue weighted by atomic mass is 16.6. The Hall–Kier alpha value is -2.70. The summed E-state index contributed by atoms with van der Waals surface area (Å²) in [7, 11) is 0. The number of hydrogen-bond acceptors (Lipinski definition) is 6. The summed E-state index contributed by atoms with van der Waals surface area (Å²) in [4.78, 5) is 24.3. The average molecular weight is 713 g/mol. The molecule has 2 atom stereocenters. The van der Waals surface area contributed by atoms with Crippen LogP contribution >= 0.6 is 0 Å². The Morgan fingerprint density at radius 2 is 1.08 bits per heavy atom. The second kappa shape index (κ2) is 40.1. The third-order valence-electron chi connectivity index (χ3n) is 8.61. The first-order valence-electron chi connectivity index (χ1n) is 20.6. The Bertz CT molecular complexity index is 960. The van der Waals surface area contributed by atoms with E-state index in [0.717, 1.165) is 44.9 Å². The number of ether oxygens (including phenoxy) is 2. The highest BCUT2D eigenvalue weighted by Gasteiger charge is 2.15. The molecule has 0 aliphatic rings. The van der Waals surface area contributed by atoms with Gasteiger partial charge in [-0.15, -0.1) is 0 Å². The summed E-state index contributed by atoms with van der Waals surface area (Å²) in [5, 5.41) is 19.4. The molecule has 0 radical (unpaired) electrons. The first kappa shape index (κ1) is 48.3. The number of hydrogen-bond donors (Lipinski definition) is 2. The molecule has 0 aromatic heterocycles. The summed E-state index contributed by atoms with van der Waals surface area (Å²) in [5.74, 6) is -0.710. The monoisotopic (exact) mass is 713 g/mol. The van der Waals surface area contributed by atoms with Crippen LogP contribution < -0.4 is 0 Å². The molecule has 0 rings (SSSR count). The van der Waals surface area contributed by atoms with Crippen LogP contribution in [-0.4, -0.2) is 47.6 Å². The number of unbranched alkanes of at least 4 members (excludes halogenated alkanes) is 16. The fourth-order valence-electron chi connectivity index (χ4n) is 5.49. The summed E-state index contributed by atoms with van der Waals surface area (Å²) in [6, 6.07) is 0. The quantitative estimate of drug-likeness (QED) is 0.0291. The van der Waals surface area contributed by atoms with Crippen molar-refractivity contribution in [1.29, 1.82) is 0 Å². The molecule has 292 valence electrons. The minimum absolute atomic E-state index is 0.107. The van der Waals surface area contributed by atoms with Gasteiger partial charge in [0.25, 0.3) is 0 Å². The fourth-order valence-corrected chi connectivity index (χ4v) is 5.49. The normalized spacial score (nSPS) is 13.6. The highest BCUT2D eigenvalue weighted by Crippen LogP contribution is 2.14. The zero-order valence-electron chi connectivity index (χ0n) is 32.7. The van der Waals surface area contributed by atoms with E-state index in [4.69, 9.17) is 9.47 Å². The second-order valence-electron chi connectivity index (χ2n) is 13.5. The van der Waals surface area contributed by atoms with E-state index >= 15 is 0 Å². The van der Waals surface area contributed by atoms with Gasteiger partial charge in [-0.3, -0.25) is 9.59 Å². The van der Waals surface area contributed by atoms with Crippen LogP contribution in [0.2, 0.25) is 0 Å². The molecule has 0 aromatic carbocycles. The van der Waals surface area contributed by atoms with E-state index in [-0.39, 0.29) is 25.6 Å². The molecule has 0 fully saturated rings. The predicted octanol–water partition coefficient (Wildman–Crippen LogP) is 11.9. The van der Waals surface area contributed by atoms with Crippen molar-refractivity contribution in [2.75, 3.05) is 13.2 Å². The van der Waals surface area contributed by atoms with Gasteiger partial charge >= 0.3 is 11.9 Å². The van der Waals surface area contributed by atoms with E-state index < -0.39 is 18.2 Å². The van der Waals surface area contributed by atoms with Crippen molar-refractivity contribution >= 4 is 11.9 Å². The maximum absolute atomic E-state index is 12.1. The van der Waals surface area contributed by atoms with Crippen LogP contribution in [0.15, 0.2) is 72.9 Å². The Balaban J connectivity index is 3.72. The standard InChI is InChI=1S/C45H76O6/c1-3-5-7-8-9-10-11-12-13-14-15-18-21-24-27-30-34-38-44(48)50-41-43(40-46)51-45(49)39-35-31-28-25-22-19-16-17-20-23-26-29-33-37-42(47)36-32-6-4-2/h6,17,19-20,22,26,28-29,31-33,37,42-43,46-47H,3-5,7-16,18,21,23-25,27,30,34-36,38-41H2,1-2H3/b20-17-,22-19-,29-26+,31-28-,32-6-,37-33+/t42?,43-/m0/s1. The molecule has 0 spiro atoms. The smallest absolute Gasteiger partial charge is 0.306 e. The molecule has 6 heteroatoms. The minimum atomic E-state index is -0.824. The molecule has 0 aromatic rings. The average Bonchev–Trinajstić information content (AvgIpc) is 3.13. The molecule has 0 saturated heterocycles. The van der Waals surface area contributed by atoms with Crippen molar-refractivity contribution in [3.8, 4) is 0 Å². The first-order valence-corrected chi connectivity index (χ1v) is 20.6.